The molecule has 0 spiro atoms. The van der Waals surface area contributed by atoms with E-state index in [0.29, 0.717) is 11.1 Å². The molecule has 0 saturated heterocycles. The van der Waals surface area contributed by atoms with Gasteiger partial charge in [-0.25, -0.2) is 9.20 Å². The first-order valence-corrected chi connectivity index (χ1v) is 6.30. The predicted octanol–water partition coefficient (Wildman–Crippen LogP) is 1.26. The number of fused-ring (bicyclic) bond motifs is 2. The van der Waals surface area contributed by atoms with Crippen molar-refractivity contribution in [2.45, 2.75) is 12.8 Å². The van der Waals surface area contributed by atoms with E-state index in [9.17, 15) is 13.6 Å². The molecule has 0 unspecified atom stereocenters. The van der Waals surface area contributed by atoms with E-state index in [2.05, 4.69) is 19.7 Å². The maximum atomic E-state index is 13.0. The Morgan fingerprint density at radius 3 is 2.82 bits per heavy atom. The summed E-state index contributed by atoms with van der Waals surface area (Å²) in [6.45, 7) is 0.114. The van der Waals surface area contributed by atoms with Gasteiger partial charge in [0.1, 0.15) is 11.8 Å². The molecular weight excluding hydrogens is 298 g/mol. The molecule has 112 valence electrons. The molecule has 0 amide bonds. The van der Waals surface area contributed by atoms with E-state index in [1.54, 1.807) is 12.1 Å². The van der Waals surface area contributed by atoms with Gasteiger partial charge < -0.3 is 9.47 Å². The number of hydrogen-bond acceptors (Lipinski definition) is 5. The second-order valence-corrected chi connectivity index (χ2v) is 4.70. The van der Waals surface area contributed by atoms with Crippen molar-refractivity contribution < 1.29 is 18.3 Å². The number of aromatic nitrogens is 4. The van der Waals surface area contributed by atoms with Gasteiger partial charge in [-0.2, -0.15) is 10.2 Å². The Bertz CT molecular complexity index is 934. The van der Waals surface area contributed by atoms with Crippen molar-refractivity contribution in [1.29, 1.82) is 0 Å². The number of rotatable bonds is 2. The first-order chi connectivity index (χ1) is 10.5. The average Bonchev–Trinajstić information content (AvgIpc) is 3.04. The van der Waals surface area contributed by atoms with Crippen LogP contribution in [0.2, 0.25) is 0 Å². The first kappa shape index (κ1) is 12.7. The lowest BCUT2D eigenvalue weighted by Crippen LogP contribution is -2.26. The Morgan fingerprint density at radius 2 is 1.95 bits per heavy atom. The van der Waals surface area contributed by atoms with Crippen molar-refractivity contribution in [2.75, 3.05) is 0 Å². The van der Waals surface area contributed by atoms with Crippen LogP contribution in [0.3, 0.4) is 0 Å². The van der Waals surface area contributed by atoms with E-state index in [1.807, 2.05) is 0 Å². The van der Waals surface area contributed by atoms with Gasteiger partial charge in [0.25, 0.3) is 5.56 Å². The van der Waals surface area contributed by atoms with Gasteiger partial charge in [0, 0.05) is 0 Å². The van der Waals surface area contributed by atoms with E-state index < -0.39 is 6.29 Å². The quantitative estimate of drug-likeness (QED) is 0.713. The highest BCUT2D eigenvalue weighted by Crippen LogP contribution is 2.41. The van der Waals surface area contributed by atoms with Crippen LogP contribution in [0.1, 0.15) is 5.56 Å². The molecule has 3 aromatic rings. The lowest BCUT2D eigenvalue weighted by molar-refractivity contribution is -0.286. The summed E-state index contributed by atoms with van der Waals surface area (Å²) in [6.07, 6.45) is -0.768. The smallest absolute Gasteiger partial charge is 0.395 e. The molecule has 0 N–H and O–H groups in total. The molecule has 3 heterocycles. The Balaban J connectivity index is 1.69. The number of alkyl halides is 2. The monoisotopic (exact) mass is 306 g/mol. The first-order valence-electron chi connectivity index (χ1n) is 6.30. The minimum absolute atomic E-state index is 0.0414. The molecule has 1 aliphatic rings. The molecule has 22 heavy (non-hydrogen) atoms. The third-order valence-corrected chi connectivity index (χ3v) is 3.22. The van der Waals surface area contributed by atoms with Gasteiger partial charge in [0.2, 0.25) is 0 Å². The molecule has 1 aromatic carbocycles. The highest BCUT2D eigenvalue weighted by molar-refractivity contribution is 5.45. The van der Waals surface area contributed by atoms with Crippen LogP contribution in [-0.2, 0) is 6.54 Å². The number of hydrogen-bond donors (Lipinski definition) is 0. The van der Waals surface area contributed by atoms with Crippen LogP contribution in [0.15, 0.2) is 41.6 Å². The van der Waals surface area contributed by atoms with Crippen LogP contribution in [0.5, 0.6) is 11.5 Å². The maximum Gasteiger partial charge on any atom is 0.586 e. The van der Waals surface area contributed by atoms with Crippen LogP contribution in [-0.4, -0.2) is 25.7 Å². The highest BCUT2D eigenvalue weighted by Gasteiger charge is 2.43. The minimum Gasteiger partial charge on any atom is -0.395 e. The van der Waals surface area contributed by atoms with Gasteiger partial charge >= 0.3 is 6.29 Å². The van der Waals surface area contributed by atoms with E-state index in [0.717, 1.165) is 0 Å². The molecule has 0 aliphatic carbocycles. The van der Waals surface area contributed by atoms with Gasteiger partial charge in [-0.3, -0.25) is 4.79 Å². The van der Waals surface area contributed by atoms with Crippen molar-refractivity contribution in [3.8, 4) is 11.5 Å². The molecule has 7 nitrogen and oxygen atoms in total. The molecule has 0 atom stereocenters. The predicted molar refractivity (Wildman–Crippen MR) is 69.0 cm³/mol. The summed E-state index contributed by atoms with van der Waals surface area (Å²) in [7, 11) is 0. The summed E-state index contributed by atoms with van der Waals surface area (Å²) in [5.41, 5.74) is 0.629. The van der Waals surface area contributed by atoms with Crippen molar-refractivity contribution >= 4 is 5.52 Å². The van der Waals surface area contributed by atoms with Crippen molar-refractivity contribution in [1.82, 2.24) is 19.4 Å². The second-order valence-electron chi connectivity index (χ2n) is 4.70. The topological polar surface area (TPSA) is 70.7 Å². The molecule has 0 radical (unpaired) electrons. The van der Waals surface area contributed by atoms with Crippen molar-refractivity contribution in [2.24, 2.45) is 0 Å². The zero-order valence-corrected chi connectivity index (χ0v) is 10.9. The van der Waals surface area contributed by atoms with Gasteiger partial charge in [-0.05, 0) is 23.8 Å². The molecule has 4 rings (SSSR count). The normalized spacial score (nSPS) is 15.4. The maximum absolute atomic E-state index is 13.0. The van der Waals surface area contributed by atoms with Gasteiger partial charge in [-0.1, -0.05) is 6.07 Å². The molecule has 9 heteroatoms. The SMILES string of the molecule is O=c1c2ccnn2cnn1Cc1ccc2c(c1)OC(F)(F)O2. The molecule has 0 bridgehead atoms. The van der Waals surface area contributed by atoms with Crippen LogP contribution in [0.25, 0.3) is 5.52 Å². The van der Waals surface area contributed by atoms with E-state index in [-0.39, 0.29) is 23.6 Å². The lowest BCUT2D eigenvalue weighted by atomic mass is 10.2. The van der Waals surface area contributed by atoms with E-state index >= 15 is 0 Å². The fraction of sp³-hybridized carbons (Fsp3) is 0.154. The fourth-order valence-electron chi connectivity index (χ4n) is 2.25. The zero-order valence-electron chi connectivity index (χ0n) is 10.9. The summed E-state index contributed by atoms with van der Waals surface area (Å²) in [5.74, 6) is -0.110. The third-order valence-electron chi connectivity index (χ3n) is 3.22. The molecule has 0 fully saturated rings. The summed E-state index contributed by atoms with van der Waals surface area (Å²) < 4.78 is 37.2. The third kappa shape index (κ3) is 1.98. The Labute approximate surface area is 121 Å². The standard InChI is InChI=1S/C13H8F2N4O3/c14-13(15)21-10-2-1-8(5-11(10)22-13)6-18-12(20)9-3-4-16-19(9)7-17-18/h1-5,7H,6H2. The highest BCUT2D eigenvalue weighted by atomic mass is 19.3. The number of benzene rings is 1. The average molecular weight is 306 g/mol. The van der Waals surface area contributed by atoms with Gasteiger partial charge in [-0.15, -0.1) is 8.78 Å². The van der Waals surface area contributed by atoms with Gasteiger partial charge in [0.05, 0.1) is 12.7 Å². The van der Waals surface area contributed by atoms with E-state index in [1.165, 1.54) is 33.9 Å². The van der Waals surface area contributed by atoms with Crippen LogP contribution in [0, 0.1) is 0 Å². The Hall–Kier alpha value is -2.97. The minimum atomic E-state index is -3.66. The second kappa shape index (κ2) is 4.26. The van der Waals surface area contributed by atoms with E-state index in [4.69, 9.17) is 0 Å². The van der Waals surface area contributed by atoms with Crippen molar-refractivity contribution in [3.05, 3.63) is 52.7 Å². The number of ether oxygens (including phenoxy) is 2. The van der Waals surface area contributed by atoms with Crippen LogP contribution >= 0.6 is 0 Å². The summed E-state index contributed by atoms with van der Waals surface area (Å²) in [4.78, 5) is 12.2. The number of nitrogens with zero attached hydrogens (tertiary/aromatic N) is 4. The molecule has 0 saturated carbocycles. The van der Waals surface area contributed by atoms with Gasteiger partial charge in [0.15, 0.2) is 11.5 Å². The molecule has 1 aliphatic heterocycles. The molecular formula is C13H8F2N4O3. The molecule has 2 aromatic heterocycles. The van der Waals surface area contributed by atoms with Crippen molar-refractivity contribution in [3.63, 3.8) is 0 Å². The lowest BCUT2D eigenvalue weighted by Gasteiger charge is -2.05. The summed E-state index contributed by atoms with van der Waals surface area (Å²) in [6, 6.07) is 5.90. The van der Waals surface area contributed by atoms with Crippen LogP contribution in [0.4, 0.5) is 8.78 Å². The van der Waals surface area contributed by atoms with Crippen LogP contribution < -0.4 is 15.0 Å². The largest absolute Gasteiger partial charge is 0.586 e. The fourth-order valence-corrected chi connectivity index (χ4v) is 2.25. The Morgan fingerprint density at radius 1 is 1.14 bits per heavy atom. The Kier molecular flexibility index (Phi) is 2.47. The zero-order chi connectivity index (χ0) is 15.3. The summed E-state index contributed by atoms with van der Waals surface area (Å²) in [5, 5.41) is 7.89. The number of halogens is 2. The summed E-state index contributed by atoms with van der Waals surface area (Å²) >= 11 is 0.